The Morgan fingerprint density at radius 1 is 1.12 bits per heavy atom. The minimum atomic E-state index is -6.45. The molecule has 1 N–H and O–H groups in total. The van der Waals surface area contributed by atoms with Gasteiger partial charge in [-0.2, -0.15) is 0 Å². The SMILES string of the molecule is C[Si](C)(CCO)[Zr]([CH3])(=[O])([SiH3])([Cl])([Cl])[c]1cccc2c1Cc1ccccc1-2. The number of halogens is 2. The second kappa shape index (κ2) is 4.74. The molecule has 0 fully saturated rings. The van der Waals surface area contributed by atoms with Crippen molar-refractivity contribution in [3.63, 3.8) is 0 Å². The number of fused-ring (bicyclic) bond motifs is 3. The van der Waals surface area contributed by atoms with E-state index in [1.807, 2.05) is 37.4 Å². The van der Waals surface area contributed by atoms with E-state index in [2.05, 4.69) is 18.2 Å². The van der Waals surface area contributed by atoms with Gasteiger partial charge >= 0.3 is 154 Å². The van der Waals surface area contributed by atoms with E-state index in [-0.39, 0.29) is 14.0 Å². The minimum absolute atomic E-state index is 0.0397. The summed E-state index contributed by atoms with van der Waals surface area (Å²) >= 11 is -6.45. The van der Waals surface area contributed by atoms with E-state index in [0.29, 0.717) is 15.7 Å². The molecule has 0 spiro atoms. The zero-order chi connectivity index (χ0) is 18.8. The molecule has 2 aromatic rings. The van der Waals surface area contributed by atoms with Crippen LogP contribution in [0.3, 0.4) is 0 Å². The molecule has 2 nitrogen and oxygen atoms in total. The van der Waals surface area contributed by atoms with Crippen LogP contribution in [0.1, 0.15) is 11.1 Å². The Morgan fingerprint density at radius 2 is 1.72 bits per heavy atom. The fourth-order valence-electron chi connectivity index (χ4n) is 4.12. The van der Waals surface area contributed by atoms with Crippen LogP contribution in [0.15, 0.2) is 42.5 Å². The Balaban J connectivity index is 2.41. The van der Waals surface area contributed by atoms with Gasteiger partial charge in [0.1, 0.15) is 0 Å². The fraction of sp³-hybridized carbons (Fsp3) is 0.333. The van der Waals surface area contributed by atoms with Crippen molar-refractivity contribution >= 4 is 32.9 Å². The zero-order valence-electron chi connectivity index (χ0n) is 15.3. The van der Waals surface area contributed by atoms with Crippen molar-refractivity contribution in [1.82, 2.24) is 0 Å². The molecule has 1 aliphatic rings. The monoisotopic (exact) mass is 490 g/mol. The Hall–Kier alpha value is 0.0969. The van der Waals surface area contributed by atoms with Gasteiger partial charge in [-0.3, -0.25) is 0 Å². The summed E-state index contributed by atoms with van der Waals surface area (Å²) < 4.78 is 17.4. The van der Waals surface area contributed by atoms with Gasteiger partial charge in [-0.15, -0.1) is 0 Å². The van der Waals surface area contributed by atoms with Gasteiger partial charge in [-0.1, -0.05) is 0 Å². The van der Waals surface area contributed by atoms with Gasteiger partial charge in [-0.25, -0.2) is 0 Å². The number of aliphatic hydroxyl groups excluding tert-OH is 1. The summed E-state index contributed by atoms with van der Waals surface area (Å²) in [6, 6.07) is 14.6. The van der Waals surface area contributed by atoms with E-state index in [9.17, 15) is 5.11 Å². The van der Waals surface area contributed by atoms with E-state index in [0.717, 1.165) is 11.1 Å². The molecule has 0 saturated heterocycles. The van der Waals surface area contributed by atoms with Crippen LogP contribution in [-0.2, 0) is 21.0 Å². The maximum atomic E-state index is 15.1. The van der Waals surface area contributed by atoms with E-state index in [1.54, 1.807) is 4.63 Å². The Kier molecular flexibility index (Phi) is 3.76. The number of hydrogen-bond donors (Lipinski definition) is 1. The van der Waals surface area contributed by atoms with Crippen molar-refractivity contribution in [3.05, 3.63) is 53.6 Å². The van der Waals surface area contributed by atoms with Gasteiger partial charge in [0.25, 0.3) is 0 Å². The predicted octanol–water partition coefficient (Wildman–Crippen LogP) is 3.82. The van der Waals surface area contributed by atoms with Crippen LogP contribution in [0.25, 0.3) is 11.1 Å². The molecule has 0 radical (unpaired) electrons. The molecule has 0 aliphatic heterocycles. The van der Waals surface area contributed by atoms with Crippen molar-refractivity contribution < 1.29 is 19.7 Å². The van der Waals surface area contributed by atoms with Gasteiger partial charge in [-0.05, 0) is 0 Å². The second-order valence-electron chi connectivity index (χ2n) is 9.62. The molecule has 0 bridgehead atoms. The first-order chi connectivity index (χ1) is 11.1. The molecule has 0 heterocycles. The molecule has 3 rings (SSSR count). The summed E-state index contributed by atoms with van der Waals surface area (Å²) in [6.45, 7) is 3.92. The molecule has 0 atom stereocenters. The van der Waals surface area contributed by atoms with Crippen LogP contribution in [0.5, 0.6) is 0 Å². The molecule has 7 heteroatoms. The van der Waals surface area contributed by atoms with Crippen LogP contribution < -0.4 is 3.27 Å². The molecule has 1 aliphatic carbocycles. The average Bonchev–Trinajstić information content (AvgIpc) is 2.83. The maximum absolute atomic E-state index is 15.1. The van der Waals surface area contributed by atoms with Crippen LogP contribution in [0.2, 0.25) is 23.8 Å². The fourth-order valence-corrected chi connectivity index (χ4v) is 38.3. The Labute approximate surface area is 153 Å². The first-order valence-electron chi connectivity index (χ1n) is 8.78. The van der Waals surface area contributed by atoms with E-state index in [1.165, 1.54) is 11.1 Å². The third-order valence-corrected chi connectivity index (χ3v) is 107. The van der Waals surface area contributed by atoms with Crippen LogP contribution in [-0.4, -0.2) is 24.3 Å². The standard InChI is InChI=1S/C13H9.C4H11OSi.CH3.2ClH.O.H3Si.Zr/c1-3-7-12-10(5-1)9-11-6-2-4-8-13(11)12;1-6(2)4-3-5;;;;;;/h1-5,7-8H,9H2;5H,3-4H2,1-2H3;1H3;2*1H;;1H3;/q;;;;;;;+2/p-2. The summed E-state index contributed by atoms with van der Waals surface area (Å²) in [7, 11) is 14.9. The molecule has 25 heavy (non-hydrogen) atoms. The summed E-state index contributed by atoms with van der Waals surface area (Å²) in [6.07, 6.45) is 0.707. The van der Waals surface area contributed by atoms with Crippen molar-refractivity contribution in [2.24, 2.45) is 0 Å². The molecule has 0 unspecified atom stereocenters. The van der Waals surface area contributed by atoms with Crippen molar-refractivity contribution in [2.45, 2.75) is 30.2 Å². The number of benzene rings is 2. The van der Waals surface area contributed by atoms with E-state index in [4.69, 9.17) is 17.0 Å². The topological polar surface area (TPSA) is 37.3 Å². The second-order valence-corrected chi connectivity index (χ2v) is 110. The van der Waals surface area contributed by atoms with E-state index >= 15 is 2.81 Å². The first-order valence-corrected chi connectivity index (χ1v) is 35.1. The summed E-state index contributed by atoms with van der Waals surface area (Å²) in [5.74, 6) is 0. The predicted molar refractivity (Wildman–Crippen MR) is 112 cm³/mol. The molecular weight excluding hydrogens is 466 g/mol. The summed E-state index contributed by atoms with van der Waals surface area (Å²) in [4.78, 5) is 0. The van der Waals surface area contributed by atoms with Crippen LogP contribution >= 0.6 is 17.0 Å². The molecule has 0 amide bonds. The number of hydrogen-bond acceptors (Lipinski definition) is 2. The molecular formula is C18H26Cl2O2Si2Zr. The summed E-state index contributed by atoms with van der Waals surface area (Å²) in [5.41, 5.74) is 4.49. The molecule has 2 aromatic carbocycles. The summed E-state index contributed by atoms with van der Waals surface area (Å²) in [5, 5.41) is 6.90. The molecule has 0 saturated carbocycles. The van der Waals surface area contributed by atoms with Crippen LogP contribution in [0, 0.1) is 0 Å². The normalized spacial score (nSPS) is 18.6. The van der Waals surface area contributed by atoms with Gasteiger partial charge in [0, 0.05) is 0 Å². The Morgan fingerprint density at radius 3 is 2.36 bits per heavy atom. The average molecular weight is 493 g/mol. The van der Waals surface area contributed by atoms with Crippen molar-refractivity contribution in [1.29, 1.82) is 0 Å². The van der Waals surface area contributed by atoms with Gasteiger partial charge < -0.3 is 0 Å². The zero-order valence-corrected chi connectivity index (χ0v) is 22.2. The number of aliphatic hydroxyl groups is 1. The third kappa shape index (κ3) is 2.61. The van der Waals surface area contributed by atoms with Gasteiger partial charge in [0.05, 0.1) is 0 Å². The Bertz CT molecular complexity index is 1000. The number of rotatable bonds is 4. The van der Waals surface area contributed by atoms with Crippen molar-refractivity contribution in [2.75, 3.05) is 6.61 Å². The third-order valence-electron chi connectivity index (χ3n) is 7.05. The quantitative estimate of drug-likeness (QED) is 0.562. The van der Waals surface area contributed by atoms with Gasteiger partial charge in [0.2, 0.25) is 0 Å². The van der Waals surface area contributed by atoms with Crippen molar-refractivity contribution in [3.8, 4) is 11.1 Å². The van der Waals surface area contributed by atoms with E-state index < -0.39 is 17.0 Å². The first kappa shape index (κ1) is 19.8. The molecule has 136 valence electrons. The van der Waals surface area contributed by atoms with Gasteiger partial charge in [0.15, 0.2) is 0 Å². The van der Waals surface area contributed by atoms with Crippen LogP contribution in [0.4, 0.5) is 0 Å². The molecule has 0 aromatic heterocycles.